The van der Waals surface area contributed by atoms with Crippen molar-refractivity contribution in [2.45, 2.75) is 32.3 Å². The maximum absolute atomic E-state index is 5.74. The first-order chi connectivity index (χ1) is 9.35. The Morgan fingerprint density at radius 1 is 1.26 bits per heavy atom. The number of benzene rings is 1. The first kappa shape index (κ1) is 15.0. The van der Waals surface area contributed by atoms with Crippen LogP contribution < -0.4 is 0 Å². The molecule has 1 saturated heterocycles. The Kier molecular flexibility index (Phi) is 6.35. The van der Waals surface area contributed by atoms with Gasteiger partial charge in [-0.15, -0.1) is 0 Å². The third kappa shape index (κ3) is 4.90. The molecule has 0 spiro atoms. The highest BCUT2D eigenvalue weighted by molar-refractivity contribution is 9.09. The molecule has 1 unspecified atom stereocenters. The Morgan fingerprint density at radius 2 is 2.11 bits per heavy atom. The van der Waals surface area contributed by atoms with Gasteiger partial charge in [-0.05, 0) is 31.2 Å². The largest absolute Gasteiger partial charge is 0.381 e. The van der Waals surface area contributed by atoms with E-state index in [0.29, 0.717) is 5.41 Å². The second-order valence-electron chi connectivity index (χ2n) is 5.43. The molecule has 1 aromatic carbocycles. The van der Waals surface area contributed by atoms with Gasteiger partial charge in [-0.2, -0.15) is 0 Å². The van der Waals surface area contributed by atoms with Crippen LogP contribution in [0.4, 0.5) is 0 Å². The molecule has 2 nitrogen and oxygen atoms in total. The van der Waals surface area contributed by atoms with Crippen LogP contribution in [0.1, 0.15) is 31.2 Å². The van der Waals surface area contributed by atoms with Crippen molar-refractivity contribution in [3.05, 3.63) is 35.9 Å². The van der Waals surface area contributed by atoms with Gasteiger partial charge in [0.25, 0.3) is 0 Å². The first-order valence-corrected chi connectivity index (χ1v) is 8.22. The zero-order chi connectivity index (χ0) is 13.4. The molecule has 0 aliphatic carbocycles. The predicted octanol–water partition coefficient (Wildman–Crippen LogP) is 4.18. The molecule has 1 fully saturated rings. The normalized spacial score (nSPS) is 23.4. The Hall–Kier alpha value is -0.380. The molecule has 0 N–H and O–H groups in total. The monoisotopic (exact) mass is 326 g/mol. The van der Waals surface area contributed by atoms with Crippen molar-refractivity contribution >= 4 is 15.9 Å². The zero-order valence-electron chi connectivity index (χ0n) is 11.4. The first-order valence-electron chi connectivity index (χ1n) is 7.10. The van der Waals surface area contributed by atoms with Gasteiger partial charge in [0.15, 0.2) is 0 Å². The highest BCUT2D eigenvalue weighted by atomic mass is 79.9. The zero-order valence-corrected chi connectivity index (χ0v) is 13.0. The van der Waals surface area contributed by atoms with Crippen LogP contribution in [0.25, 0.3) is 0 Å². The van der Waals surface area contributed by atoms with Crippen LogP contribution in [-0.4, -0.2) is 25.2 Å². The summed E-state index contributed by atoms with van der Waals surface area (Å²) in [7, 11) is 0. The van der Waals surface area contributed by atoms with Gasteiger partial charge in [0.1, 0.15) is 0 Å². The molecule has 0 aromatic heterocycles. The smallest absolute Gasteiger partial charge is 0.0716 e. The van der Waals surface area contributed by atoms with Crippen LogP contribution in [-0.2, 0) is 16.1 Å². The van der Waals surface area contributed by atoms with E-state index in [1.165, 1.54) is 24.8 Å². The van der Waals surface area contributed by atoms with Gasteiger partial charge in [-0.1, -0.05) is 46.3 Å². The van der Waals surface area contributed by atoms with Gasteiger partial charge in [0.2, 0.25) is 0 Å². The molecule has 3 heteroatoms. The molecule has 1 atom stereocenters. The van der Waals surface area contributed by atoms with E-state index in [0.717, 1.165) is 38.2 Å². The second-order valence-corrected chi connectivity index (χ2v) is 5.99. The van der Waals surface area contributed by atoms with Crippen LogP contribution in [0.5, 0.6) is 0 Å². The number of halogens is 1. The van der Waals surface area contributed by atoms with Crippen molar-refractivity contribution in [2.24, 2.45) is 5.41 Å². The van der Waals surface area contributed by atoms with Crippen molar-refractivity contribution < 1.29 is 9.47 Å². The summed E-state index contributed by atoms with van der Waals surface area (Å²) >= 11 is 3.65. The fraction of sp³-hybridized carbons (Fsp3) is 0.625. The predicted molar refractivity (Wildman–Crippen MR) is 81.6 cm³/mol. The van der Waals surface area contributed by atoms with Gasteiger partial charge >= 0.3 is 0 Å². The van der Waals surface area contributed by atoms with Crippen molar-refractivity contribution in [3.8, 4) is 0 Å². The molecule has 1 aliphatic rings. The van der Waals surface area contributed by atoms with Crippen LogP contribution in [0, 0.1) is 5.41 Å². The lowest BCUT2D eigenvalue weighted by Crippen LogP contribution is -2.33. The molecule has 1 aromatic rings. The summed E-state index contributed by atoms with van der Waals surface area (Å²) < 4.78 is 11.4. The summed E-state index contributed by atoms with van der Waals surface area (Å²) in [5.74, 6) is 0. The van der Waals surface area contributed by atoms with Gasteiger partial charge in [-0.3, -0.25) is 0 Å². The third-order valence-corrected chi connectivity index (χ3v) is 4.98. The third-order valence-electron chi connectivity index (χ3n) is 3.79. The molecule has 0 amide bonds. The lowest BCUT2D eigenvalue weighted by atomic mass is 9.80. The summed E-state index contributed by atoms with van der Waals surface area (Å²) in [4.78, 5) is 0. The average molecular weight is 327 g/mol. The molecular formula is C16H23BrO2. The summed E-state index contributed by atoms with van der Waals surface area (Å²) in [6, 6.07) is 10.4. The summed E-state index contributed by atoms with van der Waals surface area (Å²) in [6.07, 6.45) is 4.77. The maximum atomic E-state index is 5.74. The molecule has 2 rings (SSSR count). The Bertz CT molecular complexity index is 347. The van der Waals surface area contributed by atoms with Crippen molar-refractivity contribution in [1.82, 2.24) is 0 Å². The quantitative estimate of drug-likeness (QED) is 0.553. The van der Waals surface area contributed by atoms with Crippen molar-refractivity contribution in [2.75, 3.05) is 25.2 Å². The minimum atomic E-state index is 0.342. The standard InChI is InChI=1S/C16H23BrO2/c17-13-16(9-5-11-19-14-16)8-4-10-18-12-15-6-2-1-3-7-15/h1-3,6-7H,4-5,8-14H2. The van der Waals surface area contributed by atoms with E-state index in [9.17, 15) is 0 Å². The molecule has 106 valence electrons. The number of alkyl halides is 1. The molecule has 0 radical (unpaired) electrons. The maximum Gasteiger partial charge on any atom is 0.0716 e. The van der Waals surface area contributed by atoms with E-state index in [-0.39, 0.29) is 0 Å². The van der Waals surface area contributed by atoms with Gasteiger partial charge in [0.05, 0.1) is 13.2 Å². The van der Waals surface area contributed by atoms with E-state index in [1.54, 1.807) is 0 Å². The summed E-state index contributed by atoms with van der Waals surface area (Å²) in [5, 5.41) is 1.04. The fourth-order valence-electron chi connectivity index (χ4n) is 2.59. The number of rotatable bonds is 7. The minimum absolute atomic E-state index is 0.342. The molecule has 0 bridgehead atoms. The van der Waals surface area contributed by atoms with E-state index < -0.39 is 0 Å². The van der Waals surface area contributed by atoms with Gasteiger partial charge in [0, 0.05) is 24.0 Å². The number of ether oxygens (including phenoxy) is 2. The molecule has 19 heavy (non-hydrogen) atoms. The summed E-state index contributed by atoms with van der Waals surface area (Å²) in [6.45, 7) is 3.39. The lowest BCUT2D eigenvalue weighted by molar-refractivity contribution is -0.00444. The Balaban J connectivity index is 1.63. The molecule has 0 saturated carbocycles. The van der Waals surface area contributed by atoms with Crippen LogP contribution >= 0.6 is 15.9 Å². The fourth-order valence-corrected chi connectivity index (χ4v) is 3.32. The van der Waals surface area contributed by atoms with Gasteiger partial charge < -0.3 is 9.47 Å². The van der Waals surface area contributed by atoms with Crippen molar-refractivity contribution in [1.29, 1.82) is 0 Å². The molecule has 1 aliphatic heterocycles. The number of hydrogen-bond acceptors (Lipinski definition) is 2. The van der Waals surface area contributed by atoms with Crippen LogP contribution in [0.2, 0.25) is 0 Å². The average Bonchev–Trinajstić information content (AvgIpc) is 2.49. The second kappa shape index (κ2) is 8.03. The van der Waals surface area contributed by atoms with E-state index in [2.05, 4.69) is 40.2 Å². The van der Waals surface area contributed by atoms with E-state index in [1.807, 2.05) is 6.07 Å². The SMILES string of the molecule is BrCC1(CCCOCc2ccccc2)CCCOC1. The number of hydrogen-bond donors (Lipinski definition) is 0. The van der Waals surface area contributed by atoms with Gasteiger partial charge in [-0.25, -0.2) is 0 Å². The van der Waals surface area contributed by atoms with Crippen LogP contribution in [0.15, 0.2) is 30.3 Å². The van der Waals surface area contributed by atoms with Crippen LogP contribution in [0.3, 0.4) is 0 Å². The highest BCUT2D eigenvalue weighted by Crippen LogP contribution is 2.35. The van der Waals surface area contributed by atoms with Crippen molar-refractivity contribution in [3.63, 3.8) is 0 Å². The minimum Gasteiger partial charge on any atom is -0.381 e. The molecular weight excluding hydrogens is 304 g/mol. The Morgan fingerprint density at radius 3 is 2.79 bits per heavy atom. The van der Waals surface area contributed by atoms with E-state index >= 15 is 0 Å². The summed E-state index contributed by atoms with van der Waals surface area (Å²) in [5.41, 5.74) is 1.59. The Labute approximate surface area is 124 Å². The highest BCUT2D eigenvalue weighted by Gasteiger charge is 2.31. The van der Waals surface area contributed by atoms with E-state index in [4.69, 9.17) is 9.47 Å². The molecule has 1 heterocycles. The lowest BCUT2D eigenvalue weighted by Gasteiger charge is -2.35. The topological polar surface area (TPSA) is 18.5 Å².